The van der Waals surface area contributed by atoms with Gasteiger partial charge in [0.05, 0.1) is 30.2 Å². The van der Waals surface area contributed by atoms with Gasteiger partial charge in [-0.2, -0.15) is 17.0 Å². The monoisotopic (exact) mass is 1160 g/mol. The number of amides is 1. The summed E-state index contributed by atoms with van der Waals surface area (Å²) in [5.74, 6) is 6.51. The molecule has 4 aliphatic rings. The van der Waals surface area contributed by atoms with E-state index in [1.807, 2.05) is 63.3 Å². The van der Waals surface area contributed by atoms with Gasteiger partial charge in [-0.1, -0.05) is 74.6 Å². The third-order valence-corrected chi connectivity index (χ3v) is 17.8. The number of unbranched alkanes of at least 4 members (excludes halogenated alkanes) is 2. The number of H-pyrrole nitrogens is 1. The first-order valence-electron chi connectivity index (χ1n) is 24.7. The van der Waals surface area contributed by atoms with Gasteiger partial charge in [-0.3, -0.25) is 28.2 Å². The van der Waals surface area contributed by atoms with E-state index >= 15 is 0 Å². The van der Waals surface area contributed by atoms with Crippen LogP contribution < -0.4 is 31.4 Å². The number of hydrogen-bond donors (Lipinski definition) is 7. The lowest BCUT2D eigenvalue weighted by molar-refractivity contribution is -0.120. The van der Waals surface area contributed by atoms with Crippen LogP contribution in [0.5, 0.6) is 0 Å². The average molecular weight is 1160 g/mol. The van der Waals surface area contributed by atoms with Crippen molar-refractivity contribution in [3.05, 3.63) is 139 Å². The second-order valence-electron chi connectivity index (χ2n) is 18.8. The molecule has 4 heterocycles. The molecule has 2 unspecified atom stereocenters. The first kappa shape index (κ1) is 59.8. The fourth-order valence-corrected chi connectivity index (χ4v) is 12.9. The third kappa shape index (κ3) is 14.9. The topological polar surface area (TPSA) is 327 Å². The molecule has 23 nitrogen and oxygen atoms in total. The van der Waals surface area contributed by atoms with Crippen LogP contribution in [0.15, 0.2) is 110 Å². The molecular formula is C51H61N5O18P3S+. The minimum atomic E-state index is -5.73. The molecule has 0 bridgehead atoms. The number of carbonyl (C=O) groups is 1. The highest BCUT2D eigenvalue weighted by Gasteiger charge is 2.42. The Hall–Kier alpha value is -5.86. The second kappa shape index (κ2) is 24.7. The Morgan fingerprint density at radius 2 is 1.69 bits per heavy atom. The number of anilines is 1. The van der Waals surface area contributed by atoms with Crippen LogP contribution in [0.3, 0.4) is 0 Å². The van der Waals surface area contributed by atoms with E-state index < -0.39 is 69.2 Å². The number of carbonyl (C=O) groups excluding carboxylic acids is 1. The van der Waals surface area contributed by atoms with Crippen LogP contribution in [0.2, 0.25) is 0 Å². The van der Waals surface area contributed by atoms with Gasteiger partial charge >= 0.3 is 29.2 Å². The molecule has 0 radical (unpaired) electrons. The van der Waals surface area contributed by atoms with Gasteiger partial charge in [0, 0.05) is 58.7 Å². The quantitative estimate of drug-likeness (QED) is 0.0132. The van der Waals surface area contributed by atoms with E-state index in [-0.39, 0.29) is 42.2 Å². The van der Waals surface area contributed by atoms with Crippen LogP contribution in [0, 0.1) is 18.8 Å². The molecule has 1 saturated heterocycles. The third-order valence-electron chi connectivity index (χ3n) is 13.1. The number of fused-ring (bicyclic) bond motifs is 2. The van der Waals surface area contributed by atoms with Gasteiger partial charge in [-0.05, 0) is 87.9 Å². The molecule has 7 N–H and O–H groups in total. The number of aromatic amines is 1. The smallest absolute Gasteiger partial charge is 0.456 e. The molecule has 1 aliphatic carbocycles. The van der Waals surface area contributed by atoms with Gasteiger partial charge in [0.1, 0.15) is 36.4 Å². The predicted molar refractivity (Wildman–Crippen MR) is 288 cm³/mol. The molecule has 4 atom stereocenters. The van der Waals surface area contributed by atoms with Crippen molar-refractivity contribution in [2.75, 3.05) is 37.7 Å². The standard InChI is InChI=1S/C51H60N5O18P3S/c1-6-54(7-2)37-22-25-41-40(34(3)48(72-44(41)30-37)35-16-10-8-11-17-35)19-14-20-45-51(4,5)42-31-39(78(67,68)69)24-26-43(42)55(45)29-13-9-12-21-46(57)52-28-15-18-36-32-56(50(59)53-49(36)58)47-27-23-38(71-47)33-70-76(63,64)74-77(65,66)73-75(60,61)62/h8,10-11,14,16-17,19-20,22,24-26,30-32,38,47H,6-7,9,12-13,21,23,27-29,33H2,1-5H3,(H6-,52,53,57,58,59,60,61,62,63,64,65,66,67,68,69)/p+1/t38-,47+/m0/s1. The highest BCUT2D eigenvalue weighted by molar-refractivity contribution is 7.85. The second-order valence-corrected chi connectivity index (χ2v) is 24.6. The zero-order valence-electron chi connectivity index (χ0n) is 43.2. The van der Waals surface area contributed by atoms with Gasteiger partial charge in [-0.25, -0.2) is 23.1 Å². The number of allylic oxidation sites excluding steroid dienone is 3. The van der Waals surface area contributed by atoms with Crippen molar-refractivity contribution in [1.82, 2.24) is 19.4 Å². The molecule has 78 heavy (non-hydrogen) atoms. The summed E-state index contributed by atoms with van der Waals surface area (Å²) in [6, 6.07) is 20.8. The number of ether oxygens (including phenoxy) is 1. The summed E-state index contributed by atoms with van der Waals surface area (Å²) in [6.07, 6.45) is 7.47. The van der Waals surface area contributed by atoms with Gasteiger partial charge in [0.2, 0.25) is 11.3 Å². The SMILES string of the molecule is CC[N+](CC)=c1ccc2c(/C=C/C=C3/N(CCCCCC(=O)NCC#Cc4cn([C@H]5CC[C@@H](COP(=O)(O)OP(=O)(O)OP(=O)(O)O)O5)c(=O)[nH]c4=O)c4ccc(S(=O)(=O)O)cc4C3(C)C)c(C)c(-c3ccccc3)oc-2c1. The molecule has 1 amide bonds. The average Bonchev–Trinajstić information content (AvgIpc) is 3.99. The Balaban J connectivity index is 0.986. The van der Waals surface area contributed by atoms with Crippen LogP contribution in [-0.2, 0) is 51.9 Å². The minimum Gasteiger partial charge on any atom is -0.456 e. The van der Waals surface area contributed by atoms with Crippen molar-refractivity contribution >= 4 is 51.3 Å². The first-order valence-corrected chi connectivity index (χ1v) is 30.7. The predicted octanol–water partition coefficient (Wildman–Crippen LogP) is 6.71. The molecule has 1 fully saturated rings. The fourth-order valence-electron chi connectivity index (χ4n) is 9.37. The van der Waals surface area contributed by atoms with Crippen LogP contribution >= 0.6 is 23.5 Å². The highest BCUT2D eigenvalue weighted by atomic mass is 32.2. The zero-order valence-corrected chi connectivity index (χ0v) is 46.7. The van der Waals surface area contributed by atoms with E-state index in [4.69, 9.17) is 18.9 Å². The number of phosphoric acid groups is 3. The number of rotatable bonds is 21. The van der Waals surface area contributed by atoms with Gasteiger partial charge < -0.3 is 38.9 Å². The molecule has 418 valence electrons. The molecule has 3 aliphatic heterocycles. The number of phosphoric ester groups is 1. The summed E-state index contributed by atoms with van der Waals surface area (Å²) in [7, 11) is -21.2. The maximum absolute atomic E-state index is 12.9. The summed E-state index contributed by atoms with van der Waals surface area (Å²) in [4.78, 5) is 78.8. The number of benzene rings is 3. The molecule has 0 saturated carbocycles. The Kier molecular flexibility index (Phi) is 18.9. The van der Waals surface area contributed by atoms with E-state index in [9.17, 15) is 50.8 Å². The van der Waals surface area contributed by atoms with E-state index in [0.717, 1.165) is 79.9 Å². The summed E-state index contributed by atoms with van der Waals surface area (Å²) >= 11 is 0. The lowest BCUT2D eigenvalue weighted by atomic mass is 9.83. The highest BCUT2D eigenvalue weighted by Crippen LogP contribution is 2.66. The lowest BCUT2D eigenvalue weighted by Crippen LogP contribution is -2.33. The fraction of sp³-hybridized carbons (Fsp3) is 0.373. The summed E-state index contributed by atoms with van der Waals surface area (Å²) in [5, 5.41) is 3.75. The van der Waals surface area contributed by atoms with Crippen molar-refractivity contribution in [2.24, 2.45) is 0 Å². The molecule has 0 spiro atoms. The Bertz CT molecular complexity index is 3630. The van der Waals surface area contributed by atoms with E-state index in [0.29, 0.717) is 25.8 Å². The molecule has 7 rings (SSSR count). The first-order chi connectivity index (χ1) is 36.7. The number of aromatic nitrogens is 2. The molecule has 3 aromatic rings. The van der Waals surface area contributed by atoms with Gasteiger partial charge in [-0.15, -0.1) is 0 Å². The van der Waals surface area contributed by atoms with Crippen molar-refractivity contribution < 1.29 is 73.3 Å². The van der Waals surface area contributed by atoms with E-state index in [1.54, 1.807) is 6.07 Å². The molecule has 27 heteroatoms. The number of nitrogens with one attached hydrogen (secondary N) is 2. The Morgan fingerprint density at radius 3 is 2.38 bits per heavy atom. The number of nitrogens with zero attached hydrogens (tertiary/aromatic N) is 3. The van der Waals surface area contributed by atoms with Crippen molar-refractivity contribution in [2.45, 2.75) is 95.8 Å². The van der Waals surface area contributed by atoms with E-state index in [1.165, 1.54) is 12.1 Å². The van der Waals surface area contributed by atoms with Gasteiger partial charge in [0.15, 0.2) is 0 Å². The van der Waals surface area contributed by atoms with Crippen molar-refractivity contribution in [1.29, 1.82) is 0 Å². The van der Waals surface area contributed by atoms with Crippen molar-refractivity contribution in [3.63, 3.8) is 0 Å². The van der Waals surface area contributed by atoms with Crippen LogP contribution in [-0.4, -0.2) is 86.9 Å². The summed E-state index contributed by atoms with van der Waals surface area (Å²) in [6.45, 7) is 11.6. The zero-order chi connectivity index (χ0) is 56.8. The largest absolute Gasteiger partial charge is 0.490 e. The number of hydrogen-bond acceptors (Lipinski definition) is 14. The minimum absolute atomic E-state index is 0.124. The Morgan fingerprint density at radius 1 is 0.962 bits per heavy atom. The maximum Gasteiger partial charge on any atom is 0.490 e. The normalized spacial score (nSPS) is 18.4. The van der Waals surface area contributed by atoms with Gasteiger partial charge in [0.25, 0.3) is 15.7 Å². The molecule has 1 aromatic heterocycles. The van der Waals surface area contributed by atoms with Crippen LogP contribution in [0.1, 0.15) is 94.7 Å². The molecule has 2 aromatic carbocycles. The lowest BCUT2D eigenvalue weighted by Gasteiger charge is -2.27. The van der Waals surface area contributed by atoms with Crippen LogP contribution in [0.4, 0.5) is 5.69 Å². The van der Waals surface area contributed by atoms with E-state index in [2.05, 4.69) is 82.9 Å². The Labute approximate surface area is 449 Å². The van der Waals surface area contributed by atoms with Crippen molar-refractivity contribution in [3.8, 4) is 34.5 Å². The summed E-state index contributed by atoms with van der Waals surface area (Å²) in [5.41, 5.74) is 3.72. The summed E-state index contributed by atoms with van der Waals surface area (Å²) < 4.78 is 96.9. The van der Waals surface area contributed by atoms with Crippen LogP contribution in [0.25, 0.3) is 28.7 Å². The maximum atomic E-state index is 12.9. The molecular weight excluding hydrogens is 1100 g/mol.